The molecule has 1 spiro atoms. The summed E-state index contributed by atoms with van der Waals surface area (Å²) in [4.78, 5) is 18.4. The number of hydrogen-bond donors (Lipinski definition) is 1. The highest BCUT2D eigenvalue weighted by Gasteiger charge is 2.55. The third kappa shape index (κ3) is 3.89. The number of hydrogen-bond acceptors (Lipinski definition) is 3. The van der Waals surface area contributed by atoms with E-state index in [1.54, 1.807) is 0 Å². The van der Waals surface area contributed by atoms with Crippen LogP contribution in [0.1, 0.15) is 48.3 Å². The van der Waals surface area contributed by atoms with E-state index in [0.29, 0.717) is 31.1 Å². The third-order valence-electron chi connectivity index (χ3n) is 6.68. The lowest BCUT2D eigenvalue weighted by atomic mass is 10.00. The summed E-state index contributed by atoms with van der Waals surface area (Å²) < 4.78 is 39.1. The van der Waals surface area contributed by atoms with Gasteiger partial charge in [-0.15, -0.1) is 0 Å². The normalized spacial score (nSPS) is 22.4. The Morgan fingerprint density at radius 1 is 1.17 bits per heavy atom. The smallest absolute Gasteiger partial charge is 0.368 e. The minimum absolute atomic E-state index is 0.0280. The molecule has 1 aromatic carbocycles. The van der Waals surface area contributed by atoms with E-state index >= 15 is 0 Å². The van der Waals surface area contributed by atoms with Gasteiger partial charge >= 0.3 is 6.18 Å². The molecule has 2 aromatic rings. The third-order valence-corrected chi connectivity index (χ3v) is 6.68. The summed E-state index contributed by atoms with van der Waals surface area (Å²) in [5, 5.41) is 3.15. The molecule has 5 rings (SSSR count). The van der Waals surface area contributed by atoms with Crippen molar-refractivity contribution < 1.29 is 18.0 Å². The molecule has 1 aliphatic heterocycles. The Balaban J connectivity index is 1.24. The van der Waals surface area contributed by atoms with Crippen LogP contribution in [-0.4, -0.2) is 30.0 Å². The summed E-state index contributed by atoms with van der Waals surface area (Å²) in [7, 11) is 0. The second kappa shape index (κ2) is 7.00. The van der Waals surface area contributed by atoms with E-state index in [4.69, 9.17) is 0 Å². The molecule has 1 aromatic heterocycles. The van der Waals surface area contributed by atoms with Gasteiger partial charge in [-0.3, -0.25) is 9.78 Å². The maximum Gasteiger partial charge on any atom is 0.417 e. The van der Waals surface area contributed by atoms with Crippen LogP contribution in [0.25, 0.3) is 0 Å². The summed E-state index contributed by atoms with van der Waals surface area (Å²) in [5.41, 5.74) is 2.02. The average Bonchev–Trinajstić information content (AvgIpc) is 3.62. The molecular formula is C23H24F3N3O. The molecule has 1 N–H and O–H groups in total. The lowest BCUT2D eigenvalue weighted by Crippen LogP contribution is -2.42. The van der Waals surface area contributed by atoms with Gasteiger partial charge in [0, 0.05) is 24.7 Å². The largest absolute Gasteiger partial charge is 0.417 e. The summed E-state index contributed by atoms with van der Waals surface area (Å²) in [5.74, 6) is 0.659. The van der Waals surface area contributed by atoms with Gasteiger partial charge in [0.15, 0.2) is 0 Å². The average molecular weight is 415 g/mol. The number of alkyl halides is 3. The van der Waals surface area contributed by atoms with Crippen molar-refractivity contribution in [3.05, 3.63) is 59.4 Å². The molecule has 0 bridgehead atoms. The Kier molecular flexibility index (Phi) is 4.52. The number of pyridine rings is 1. The summed E-state index contributed by atoms with van der Waals surface area (Å²) in [6.45, 7) is 1.16. The van der Waals surface area contributed by atoms with Gasteiger partial charge in [-0.1, -0.05) is 24.3 Å². The van der Waals surface area contributed by atoms with Crippen molar-refractivity contribution in [3.8, 4) is 0 Å². The van der Waals surface area contributed by atoms with E-state index in [-0.39, 0.29) is 17.4 Å². The summed E-state index contributed by atoms with van der Waals surface area (Å²) in [6, 6.07) is 9.37. The number of carbonyl (C=O) groups is 1. The topological polar surface area (TPSA) is 45.2 Å². The molecule has 30 heavy (non-hydrogen) atoms. The van der Waals surface area contributed by atoms with Crippen molar-refractivity contribution in [1.29, 1.82) is 0 Å². The number of anilines is 1. The van der Waals surface area contributed by atoms with Crippen LogP contribution in [0.15, 0.2) is 42.7 Å². The molecule has 4 nitrogen and oxygen atoms in total. The van der Waals surface area contributed by atoms with Crippen LogP contribution in [0, 0.1) is 5.41 Å². The first-order valence-electron chi connectivity index (χ1n) is 10.5. The molecule has 1 saturated heterocycles. The number of nitrogens with one attached hydrogen (secondary N) is 1. The van der Waals surface area contributed by atoms with E-state index in [2.05, 4.69) is 22.4 Å². The molecule has 1 atom stereocenters. The quantitative estimate of drug-likeness (QED) is 0.792. The lowest BCUT2D eigenvalue weighted by molar-refractivity contribution is -0.137. The number of amides is 1. The molecule has 3 fully saturated rings. The predicted octanol–water partition coefficient (Wildman–Crippen LogP) is 4.31. The van der Waals surface area contributed by atoms with Crippen molar-refractivity contribution in [3.63, 3.8) is 0 Å². The maximum atomic E-state index is 13.0. The first-order valence-corrected chi connectivity index (χ1v) is 10.5. The van der Waals surface area contributed by atoms with Crippen LogP contribution >= 0.6 is 0 Å². The van der Waals surface area contributed by atoms with Gasteiger partial charge in [0.05, 0.1) is 29.9 Å². The first-order chi connectivity index (χ1) is 14.3. The highest BCUT2D eigenvalue weighted by Crippen LogP contribution is 2.53. The second-order valence-corrected chi connectivity index (χ2v) is 8.99. The van der Waals surface area contributed by atoms with Gasteiger partial charge in [-0.25, -0.2) is 0 Å². The van der Waals surface area contributed by atoms with Crippen LogP contribution in [0.5, 0.6) is 0 Å². The Morgan fingerprint density at radius 3 is 2.53 bits per heavy atom. The minimum atomic E-state index is -4.41. The lowest BCUT2D eigenvalue weighted by Gasteiger charge is -2.20. The number of nitrogens with zero attached hydrogens (tertiary/aromatic N) is 2. The number of rotatable bonds is 5. The van der Waals surface area contributed by atoms with Crippen molar-refractivity contribution in [1.82, 2.24) is 10.3 Å². The Labute approximate surface area is 173 Å². The zero-order chi connectivity index (χ0) is 20.9. The molecule has 158 valence electrons. The monoisotopic (exact) mass is 415 g/mol. The maximum absolute atomic E-state index is 13.0. The fourth-order valence-corrected chi connectivity index (χ4v) is 4.54. The molecule has 0 radical (unpaired) electrons. The van der Waals surface area contributed by atoms with Crippen molar-refractivity contribution in [2.45, 2.75) is 50.2 Å². The second-order valence-electron chi connectivity index (χ2n) is 8.99. The van der Waals surface area contributed by atoms with E-state index in [9.17, 15) is 18.0 Å². The fourth-order valence-electron chi connectivity index (χ4n) is 4.54. The standard InChI is InChI=1S/C23H24F3N3O/c24-23(25,26)18-10-19(12-27-11-18)29-13-20(22(14-29)7-8-22)28-21(30)9-15-1-3-16(4-2-15)17-5-6-17/h1-4,10-12,17,20H,5-9,13-14H2,(H,28,30)/t20-/m0/s1. The van der Waals surface area contributed by atoms with E-state index in [1.807, 2.05) is 17.0 Å². The zero-order valence-electron chi connectivity index (χ0n) is 16.6. The minimum Gasteiger partial charge on any atom is -0.368 e. The Hall–Kier alpha value is -2.57. The molecule has 1 amide bonds. The molecule has 3 aliphatic rings. The van der Waals surface area contributed by atoms with Crippen LogP contribution in [0.3, 0.4) is 0 Å². The van der Waals surface area contributed by atoms with Gasteiger partial charge in [0.2, 0.25) is 5.91 Å². The molecule has 2 heterocycles. The SMILES string of the molecule is O=C(Cc1ccc(C2CC2)cc1)N[C@H]1CN(c2cncc(C(F)(F)F)c2)CC12CC2. The van der Waals surface area contributed by atoms with Crippen LogP contribution < -0.4 is 10.2 Å². The fraction of sp³-hybridized carbons (Fsp3) is 0.478. The van der Waals surface area contributed by atoms with E-state index in [1.165, 1.54) is 24.6 Å². The zero-order valence-corrected chi connectivity index (χ0v) is 16.6. The highest BCUT2D eigenvalue weighted by atomic mass is 19.4. The van der Waals surface area contributed by atoms with E-state index in [0.717, 1.165) is 30.7 Å². The van der Waals surface area contributed by atoms with Crippen molar-refractivity contribution in [2.75, 3.05) is 18.0 Å². The van der Waals surface area contributed by atoms with Gasteiger partial charge in [0.1, 0.15) is 0 Å². The number of aromatic nitrogens is 1. The van der Waals surface area contributed by atoms with Gasteiger partial charge in [-0.2, -0.15) is 13.2 Å². The Morgan fingerprint density at radius 2 is 1.90 bits per heavy atom. The molecule has 2 aliphatic carbocycles. The Bertz CT molecular complexity index is 949. The predicted molar refractivity (Wildman–Crippen MR) is 107 cm³/mol. The summed E-state index contributed by atoms with van der Waals surface area (Å²) in [6.07, 6.45) is 2.69. The van der Waals surface area contributed by atoms with Crippen LogP contribution in [0.2, 0.25) is 0 Å². The van der Waals surface area contributed by atoms with Gasteiger partial charge in [0.25, 0.3) is 0 Å². The van der Waals surface area contributed by atoms with Crippen molar-refractivity contribution >= 4 is 11.6 Å². The van der Waals surface area contributed by atoms with Crippen LogP contribution in [0.4, 0.5) is 18.9 Å². The highest BCUT2D eigenvalue weighted by molar-refractivity contribution is 5.79. The molecular weight excluding hydrogens is 391 g/mol. The molecule has 7 heteroatoms. The van der Waals surface area contributed by atoms with Crippen molar-refractivity contribution in [2.24, 2.45) is 5.41 Å². The van der Waals surface area contributed by atoms with Gasteiger partial charge < -0.3 is 10.2 Å². The number of benzene rings is 1. The molecule has 0 unspecified atom stereocenters. The van der Waals surface area contributed by atoms with Gasteiger partial charge in [-0.05, 0) is 48.8 Å². The first kappa shape index (κ1) is 19.4. The molecule has 2 saturated carbocycles. The summed E-state index contributed by atoms with van der Waals surface area (Å²) >= 11 is 0. The van der Waals surface area contributed by atoms with Crippen LogP contribution in [-0.2, 0) is 17.4 Å². The van der Waals surface area contributed by atoms with E-state index < -0.39 is 11.7 Å². The number of halogens is 3. The number of carbonyl (C=O) groups excluding carboxylic acids is 1.